The Labute approximate surface area is 147 Å². The number of ether oxygens (including phenoxy) is 1. The van der Waals surface area contributed by atoms with E-state index in [0.29, 0.717) is 22.3 Å². The zero-order valence-corrected chi connectivity index (χ0v) is 15.0. The van der Waals surface area contributed by atoms with Crippen LogP contribution in [0.3, 0.4) is 0 Å². The van der Waals surface area contributed by atoms with Crippen LogP contribution in [0, 0.1) is 5.82 Å². The minimum atomic E-state index is -0.263. The molecule has 0 spiro atoms. The molecular weight excluding hydrogens is 381 g/mol. The molecule has 0 aliphatic heterocycles. The third kappa shape index (κ3) is 5.55. The number of halogens is 2. The molecule has 2 rings (SSSR count). The van der Waals surface area contributed by atoms with Gasteiger partial charge in [-0.3, -0.25) is 4.79 Å². The maximum atomic E-state index is 13.7. The summed E-state index contributed by atoms with van der Waals surface area (Å²) in [6.45, 7) is 0.413. The number of hydrogen-bond acceptors (Lipinski definition) is 3. The standard InChI is InChI=1S/C17H17BrFNO2S/c1-22-16-5-3-2-4-12(16)9-20-17(21)11-23-10-13-6-7-14(18)8-15(13)19/h2-8H,9-11H2,1H3,(H,20,21). The van der Waals surface area contributed by atoms with Gasteiger partial charge in [-0.15, -0.1) is 11.8 Å². The Morgan fingerprint density at radius 3 is 2.78 bits per heavy atom. The first kappa shape index (κ1) is 17.8. The van der Waals surface area contributed by atoms with Crippen LogP contribution in [0.5, 0.6) is 5.75 Å². The van der Waals surface area contributed by atoms with Crippen LogP contribution in [-0.2, 0) is 17.1 Å². The van der Waals surface area contributed by atoms with E-state index in [4.69, 9.17) is 4.74 Å². The van der Waals surface area contributed by atoms with Crippen LogP contribution in [0.25, 0.3) is 0 Å². The van der Waals surface area contributed by atoms with Gasteiger partial charge in [0.25, 0.3) is 0 Å². The first-order valence-corrected chi connectivity index (χ1v) is 8.95. The van der Waals surface area contributed by atoms with Crippen molar-refractivity contribution in [1.82, 2.24) is 5.32 Å². The molecule has 0 unspecified atom stereocenters. The van der Waals surface area contributed by atoms with Gasteiger partial charge in [0.2, 0.25) is 5.91 Å². The average Bonchev–Trinajstić information content (AvgIpc) is 2.55. The van der Waals surface area contributed by atoms with Crippen LogP contribution < -0.4 is 10.1 Å². The molecule has 1 amide bonds. The molecule has 0 aromatic heterocycles. The second-order valence-corrected chi connectivity index (χ2v) is 6.72. The number of methoxy groups -OCH3 is 1. The van der Waals surface area contributed by atoms with Crippen LogP contribution in [0.1, 0.15) is 11.1 Å². The molecule has 6 heteroatoms. The van der Waals surface area contributed by atoms with Crippen molar-refractivity contribution in [2.45, 2.75) is 12.3 Å². The maximum absolute atomic E-state index is 13.7. The number of carbonyl (C=O) groups is 1. The van der Waals surface area contributed by atoms with Gasteiger partial charge in [0.1, 0.15) is 11.6 Å². The van der Waals surface area contributed by atoms with Gasteiger partial charge in [0, 0.05) is 22.3 Å². The predicted octanol–water partition coefficient (Wildman–Crippen LogP) is 4.15. The van der Waals surface area contributed by atoms with Gasteiger partial charge in [0.05, 0.1) is 12.9 Å². The molecule has 0 bridgehead atoms. The maximum Gasteiger partial charge on any atom is 0.230 e. The van der Waals surface area contributed by atoms with E-state index < -0.39 is 0 Å². The lowest BCUT2D eigenvalue weighted by molar-refractivity contribution is -0.118. The Morgan fingerprint density at radius 1 is 1.26 bits per heavy atom. The lowest BCUT2D eigenvalue weighted by atomic mass is 10.2. The van der Waals surface area contributed by atoms with Crippen LogP contribution in [0.2, 0.25) is 0 Å². The zero-order chi connectivity index (χ0) is 16.7. The highest BCUT2D eigenvalue weighted by molar-refractivity contribution is 9.10. The van der Waals surface area contributed by atoms with Crippen molar-refractivity contribution in [3.05, 3.63) is 63.9 Å². The summed E-state index contributed by atoms with van der Waals surface area (Å²) < 4.78 is 19.6. The monoisotopic (exact) mass is 397 g/mol. The summed E-state index contributed by atoms with van der Waals surface area (Å²) in [6.07, 6.45) is 0. The molecule has 0 radical (unpaired) electrons. The first-order valence-electron chi connectivity index (χ1n) is 7.00. The number of amides is 1. The molecular formula is C17H17BrFNO2S. The first-order chi connectivity index (χ1) is 11.1. The van der Waals surface area contributed by atoms with Crippen LogP contribution >= 0.6 is 27.7 Å². The summed E-state index contributed by atoms with van der Waals surface area (Å²) in [7, 11) is 1.60. The topological polar surface area (TPSA) is 38.3 Å². The van der Waals surface area contributed by atoms with E-state index in [1.54, 1.807) is 19.2 Å². The fraction of sp³-hybridized carbons (Fsp3) is 0.235. The number of carbonyl (C=O) groups excluding carboxylic acids is 1. The summed E-state index contributed by atoms with van der Waals surface area (Å²) >= 11 is 4.60. The Hall–Kier alpha value is -1.53. The van der Waals surface area contributed by atoms with Crippen LogP contribution in [-0.4, -0.2) is 18.8 Å². The lowest BCUT2D eigenvalue weighted by Gasteiger charge is -2.09. The quantitative estimate of drug-likeness (QED) is 0.762. The summed E-state index contributed by atoms with van der Waals surface area (Å²) in [4.78, 5) is 11.9. The number of nitrogens with one attached hydrogen (secondary N) is 1. The highest BCUT2D eigenvalue weighted by Crippen LogP contribution is 2.20. The Bertz CT molecular complexity index is 681. The fourth-order valence-corrected chi connectivity index (χ4v) is 3.16. The van der Waals surface area contributed by atoms with Gasteiger partial charge in [-0.25, -0.2) is 4.39 Å². The van der Waals surface area contributed by atoms with Crippen LogP contribution in [0.15, 0.2) is 46.9 Å². The number of rotatable bonds is 7. The third-order valence-electron chi connectivity index (χ3n) is 3.17. The molecule has 0 aliphatic carbocycles. The predicted molar refractivity (Wildman–Crippen MR) is 95.1 cm³/mol. The van der Waals surface area contributed by atoms with Gasteiger partial charge in [-0.05, 0) is 23.8 Å². The number of para-hydroxylation sites is 1. The van der Waals surface area contributed by atoms with Crippen molar-refractivity contribution in [1.29, 1.82) is 0 Å². The molecule has 3 nitrogen and oxygen atoms in total. The van der Waals surface area contributed by atoms with Gasteiger partial charge in [-0.2, -0.15) is 0 Å². The van der Waals surface area contributed by atoms with Crippen molar-refractivity contribution in [3.63, 3.8) is 0 Å². The number of hydrogen-bond donors (Lipinski definition) is 1. The van der Waals surface area contributed by atoms with Gasteiger partial charge in [-0.1, -0.05) is 40.2 Å². The lowest BCUT2D eigenvalue weighted by Crippen LogP contribution is -2.24. The van der Waals surface area contributed by atoms with E-state index in [1.165, 1.54) is 17.8 Å². The minimum Gasteiger partial charge on any atom is -0.496 e. The van der Waals surface area contributed by atoms with Crippen molar-refractivity contribution < 1.29 is 13.9 Å². The Balaban J connectivity index is 1.77. The molecule has 0 heterocycles. The van der Waals surface area contributed by atoms with Crippen molar-refractivity contribution >= 4 is 33.6 Å². The molecule has 2 aromatic rings. The fourth-order valence-electron chi connectivity index (χ4n) is 1.99. The highest BCUT2D eigenvalue weighted by Gasteiger charge is 2.07. The average molecular weight is 398 g/mol. The van der Waals surface area contributed by atoms with E-state index in [9.17, 15) is 9.18 Å². The minimum absolute atomic E-state index is 0.0848. The summed E-state index contributed by atoms with van der Waals surface area (Å²) in [5.74, 6) is 1.14. The van der Waals surface area contributed by atoms with E-state index in [2.05, 4.69) is 21.2 Å². The second kappa shape index (κ2) is 8.93. The Morgan fingerprint density at radius 2 is 2.04 bits per heavy atom. The van der Waals surface area contributed by atoms with Gasteiger partial charge >= 0.3 is 0 Å². The van der Waals surface area contributed by atoms with Crippen molar-refractivity contribution in [2.75, 3.05) is 12.9 Å². The summed E-state index contributed by atoms with van der Waals surface area (Å²) in [5, 5.41) is 2.84. The number of benzene rings is 2. The molecule has 0 aliphatic rings. The second-order valence-electron chi connectivity index (χ2n) is 4.82. The van der Waals surface area contributed by atoms with Crippen LogP contribution in [0.4, 0.5) is 4.39 Å². The molecule has 23 heavy (non-hydrogen) atoms. The Kier molecular flexibility index (Phi) is 6.92. The molecule has 0 fully saturated rings. The van der Waals surface area contributed by atoms with E-state index in [0.717, 1.165) is 11.3 Å². The van der Waals surface area contributed by atoms with E-state index in [-0.39, 0.29) is 17.5 Å². The van der Waals surface area contributed by atoms with E-state index >= 15 is 0 Å². The number of thioether (sulfide) groups is 1. The highest BCUT2D eigenvalue weighted by atomic mass is 79.9. The molecule has 122 valence electrons. The molecule has 2 aromatic carbocycles. The third-order valence-corrected chi connectivity index (χ3v) is 4.65. The van der Waals surface area contributed by atoms with Crippen molar-refractivity contribution in [2.24, 2.45) is 0 Å². The van der Waals surface area contributed by atoms with Crippen molar-refractivity contribution in [3.8, 4) is 5.75 Å². The van der Waals surface area contributed by atoms with Gasteiger partial charge < -0.3 is 10.1 Å². The SMILES string of the molecule is COc1ccccc1CNC(=O)CSCc1ccc(Br)cc1F. The molecule has 0 atom stereocenters. The molecule has 0 saturated heterocycles. The molecule has 1 N–H and O–H groups in total. The summed E-state index contributed by atoms with van der Waals surface area (Å²) in [5.41, 5.74) is 1.52. The zero-order valence-electron chi connectivity index (χ0n) is 12.6. The summed E-state index contributed by atoms with van der Waals surface area (Å²) in [6, 6.07) is 12.5. The normalized spacial score (nSPS) is 10.4. The molecule has 0 saturated carbocycles. The van der Waals surface area contributed by atoms with Gasteiger partial charge in [0.15, 0.2) is 0 Å². The largest absolute Gasteiger partial charge is 0.496 e. The van der Waals surface area contributed by atoms with E-state index in [1.807, 2.05) is 24.3 Å². The smallest absolute Gasteiger partial charge is 0.230 e.